The highest BCUT2D eigenvalue weighted by Crippen LogP contribution is 2.27. The zero-order valence-corrected chi connectivity index (χ0v) is 12.3. The van der Waals surface area contributed by atoms with Crippen molar-refractivity contribution in [1.29, 1.82) is 0 Å². The van der Waals surface area contributed by atoms with E-state index in [4.69, 9.17) is 5.73 Å². The maximum atomic E-state index is 12.6. The van der Waals surface area contributed by atoms with Gasteiger partial charge in [-0.25, -0.2) is 8.42 Å². The second-order valence-electron chi connectivity index (χ2n) is 4.48. The Morgan fingerprint density at radius 2 is 1.83 bits per heavy atom. The summed E-state index contributed by atoms with van der Waals surface area (Å²) in [4.78, 5) is 0.236. The molecule has 2 N–H and O–H groups in total. The highest BCUT2D eigenvalue weighted by Gasteiger charge is 2.28. The van der Waals surface area contributed by atoms with E-state index >= 15 is 0 Å². The third-order valence-corrected chi connectivity index (χ3v) is 5.47. The van der Waals surface area contributed by atoms with E-state index in [-0.39, 0.29) is 10.9 Å². The molecule has 0 heterocycles. The summed E-state index contributed by atoms with van der Waals surface area (Å²) in [7, 11) is -1.89. The molecule has 0 saturated heterocycles. The molecule has 0 unspecified atom stereocenters. The molecule has 0 radical (unpaired) electrons. The fourth-order valence-electron chi connectivity index (χ4n) is 2.17. The molecule has 5 heteroatoms. The lowest BCUT2D eigenvalue weighted by Crippen LogP contribution is -2.36. The molecule has 0 fully saturated rings. The summed E-state index contributed by atoms with van der Waals surface area (Å²) < 4.78 is 26.6. The number of nitrogens with two attached hydrogens (primary N) is 1. The van der Waals surface area contributed by atoms with Crippen LogP contribution in [0.2, 0.25) is 0 Å². The summed E-state index contributed by atoms with van der Waals surface area (Å²) in [5.41, 5.74) is 6.82. The molecular formula is C13H22N2O2S. The van der Waals surface area contributed by atoms with Crippen LogP contribution in [0.15, 0.2) is 23.1 Å². The lowest BCUT2D eigenvalue weighted by molar-refractivity contribution is 0.349. The molecule has 102 valence electrons. The molecular weight excluding hydrogens is 248 g/mol. The Hall–Kier alpha value is -1.07. The first-order valence-corrected chi connectivity index (χ1v) is 7.63. The molecule has 4 nitrogen and oxygen atoms in total. The lowest BCUT2D eigenvalue weighted by Gasteiger charge is -2.26. The van der Waals surface area contributed by atoms with E-state index in [9.17, 15) is 8.42 Å². The number of hydrogen-bond donors (Lipinski definition) is 1. The number of nitrogens with zero attached hydrogens (tertiary/aromatic N) is 1. The Morgan fingerprint density at radius 1 is 1.28 bits per heavy atom. The largest absolute Gasteiger partial charge is 0.398 e. The highest BCUT2D eigenvalue weighted by atomic mass is 32.2. The predicted octanol–water partition coefficient (Wildman–Crippen LogP) is 2.39. The van der Waals surface area contributed by atoms with Gasteiger partial charge in [-0.2, -0.15) is 4.31 Å². The van der Waals surface area contributed by atoms with E-state index in [1.165, 1.54) is 4.31 Å². The summed E-state index contributed by atoms with van der Waals surface area (Å²) in [6, 6.07) is 5.17. The van der Waals surface area contributed by atoms with Crippen LogP contribution in [-0.2, 0) is 10.0 Å². The second-order valence-corrected chi connectivity index (χ2v) is 6.42. The van der Waals surface area contributed by atoms with Crippen molar-refractivity contribution in [2.45, 2.75) is 44.6 Å². The van der Waals surface area contributed by atoms with Gasteiger partial charge >= 0.3 is 0 Å². The topological polar surface area (TPSA) is 63.4 Å². The number of hydrogen-bond acceptors (Lipinski definition) is 3. The van der Waals surface area contributed by atoms with Crippen LogP contribution in [0.1, 0.15) is 32.3 Å². The van der Waals surface area contributed by atoms with Crippen molar-refractivity contribution in [3.63, 3.8) is 0 Å². The van der Waals surface area contributed by atoms with Crippen molar-refractivity contribution in [2.24, 2.45) is 0 Å². The fraction of sp³-hybridized carbons (Fsp3) is 0.538. The number of aryl methyl sites for hydroxylation is 1. The monoisotopic (exact) mass is 270 g/mol. The van der Waals surface area contributed by atoms with E-state index in [1.54, 1.807) is 32.2 Å². The van der Waals surface area contributed by atoms with Gasteiger partial charge in [-0.1, -0.05) is 26.0 Å². The maximum Gasteiger partial charge on any atom is 0.245 e. The van der Waals surface area contributed by atoms with Crippen molar-refractivity contribution in [1.82, 2.24) is 4.31 Å². The van der Waals surface area contributed by atoms with Crippen molar-refractivity contribution in [3.8, 4) is 0 Å². The van der Waals surface area contributed by atoms with Gasteiger partial charge in [-0.3, -0.25) is 0 Å². The van der Waals surface area contributed by atoms with E-state index < -0.39 is 10.0 Å². The summed E-state index contributed by atoms with van der Waals surface area (Å²) in [5, 5.41) is 0. The normalized spacial score (nSPS) is 12.3. The van der Waals surface area contributed by atoms with E-state index in [2.05, 4.69) is 0 Å². The molecule has 1 aromatic rings. The van der Waals surface area contributed by atoms with E-state index in [0.29, 0.717) is 11.3 Å². The van der Waals surface area contributed by atoms with Gasteiger partial charge in [-0.15, -0.1) is 0 Å². The van der Waals surface area contributed by atoms with Gasteiger partial charge in [0.05, 0.1) is 5.69 Å². The van der Waals surface area contributed by atoms with Crippen LogP contribution in [-0.4, -0.2) is 25.8 Å². The first kappa shape index (κ1) is 15.0. The standard InChI is InChI=1S/C13H22N2O2S/c1-5-11(6-2)15(4)18(16,17)13-10(3)8-7-9-12(13)14/h7-9,11H,5-6,14H2,1-4H3. The first-order valence-electron chi connectivity index (χ1n) is 6.19. The van der Waals surface area contributed by atoms with Crippen LogP contribution < -0.4 is 5.73 Å². The van der Waals surface area contributed by atoms with Crippen LogP contribution in [0.4, 0.5) is 5.69 Å². The first-order chi connectivity index (χ1) is 8.36. The molecule has 0 aliphatic rings. The van der Waals surface area contributed by atoms with E-state index in [1.807, 2.05) is 13.8 Å². The molecule has 1 rings (SSSR count). The van der Waals surface area contributed by atoms with Gasteiger partial charge in [0, 0.05) is 13.1 Å². The Bertz CT molecular complexity index is 487. The Kier molecular flexibility index (Phi) is 4.76. The third-order valence-electron chi connectivity index (χ3n) is 3.34. The van der Waals surface area contributed by atoms with Gasteiger partial charge in [0.25, 0.3) is 0 Å². The smallest absolute Gasteiger partial charge is 0.245 e. The zero-order chi connectivity index (χ0) is 13.9. The molecule has 0 aliphatic carbocycles. The highest BCUT2D eigenvalue weighted by molar-refractivity contribution is 7.89. The van der Waals surface area contributed by atoms with Gasteiger partial charge in [-0.05, 0) is 31.4 Å². The average Bonchev–Trinajstić information content (AvgIpc) is 2.29. The summed E-state index contributed by atoms with van der Waals surface area (Å²) in [5.74, 6) is 0. The molecule has 0 aromatic heterocycles. The predicted molar refractivity (Wildman–Crippen MR) is 74.9 cm³/mol. The van der Waals surface area contributed by atoms with Gasteiger partial charge in [0.1, 0.15) is 4.90 Å². The SMILES string of the molecule is CCC(CC)N(C)S(=O)(=O)c1c(C)cccc1N. The molecule has 0 aliphatic heterocycles. The Labute approximate surface area is 110 Å². The van der Waals surface area contributed by atoms with Crippen molar-refractivity contribution in [2.75, 3.05) is 12.8 Å². The minimum atomic E-state index is -3.52. The summed E-state index contributed by atoms with van der Waals surface area (Å²) in [6.45, 7) is 5.74. The van der Waals surface area contributed by atoms with Crippen molar-refractivity contribution in [3.05, 3.63) is 23.8 Å². The van der Waals surface area contributed by atoms with Crippen LogP contribution >= 0.6 is 0 Å². The summed E-state index contributed by atoms with van der Waals surface area (Å²) in [6.07, 6.45) is 1.58. The average molecular weight is 270 g/mol. The Morgan fingerprint density at radius 3 is 2.28 bits per heavy atom. The van der Waals surface area contributed by atoms with Crippen LogP contribution in [0, 0.1) is 6.92 Å². The van der Waals surface area contributed by atoms with Crippen molar-refractivity contribution < 1.29 is 8.42 Å². The van der Waals surface area contributed by atoms with E-state index in [0.717, 1.165) is 12.8 Å². The minimum absolute atomic E-state index is 0.00834. The quantitative estimate of drug-likeness (QED) is 0.836. The van der Waals surface area contributed by atoms with Gasteiger partial charge < -0.3 is 5.73 Å². The molecule has 0 atom stereocenters. The number of nitrogen functional groups attached to an aromatic ring is 1. The molecule has 0 saturated carbocycles. The molecule has 1 aromatic carbocycles. The number of sulfonamides is 1. The van der Waals surface area contributed by atoms with Gasteiger partial charge in [0.2, 0.25) is 10.0 Å². The fourth-order valence-corrected chi connectivity index (χ4v) is 3.99. The number of anilines is 1. The molecule has 18 heavy (non-hydrogen) atoms. The maximum absolute atomic E-state index is 12.6. The summed E-state index contributed by atoms with van der Waals surface area (Å²) >= 11 is 0. The lowest BCUT2D eigenvalue weighted by atomic mass is 10.2. The van der Waals surface area contributed by atoms with Crippen LogP contribution in [0.25, 0.3) is 0 Å². The molecule has 0 amide bonds. The zero-order valence-electron chi connectivity index (χ0n) is 11.5. The Balaban J connectivity index is 3.30. The van der Waals surface area contributed by atoms with Gasteiger partial charge in [0.15, 0.2) is 0 Å². The third kappa shape index (κ3) is 2.67. The molecule has 0 spiro atoms. The van der Waals surface area contributed by atoms with Crippen LogP contribution in [0.3, 0.4) is 0 Å². The van der Waals surface area contributed by atoms with Crippen molar-refractivity contribution >= 4 is 15.7 Å². The second kappa shape index (κ2) is 5.71. The number of rotatable bonds is 5. The number of benzene rings is 1. The minimum Gasteiger partial charge on any atom is -0.398 e. The van der Waals surface area contributed by atoms with Crippen LogP contribution in [0.5, 0.6) is 0 Å². The molecule has 0 bridgehead atoms.